The Labute approximate surface area is 319 Å². The number of halogens is 6. The number of rotatable bonds is 4. The molecule has 2 aromatic heterocycles. The Morgan fingerprint density at radius 2 is 1.25 bits per heavy atom. The lowest BCUT2D eigenvalue weighted by molar-refractivity contribution is -0.690. The topological polar surface area (TPSA) is 131 Å². The summed E-state index contributed by atoms with van der Waals surface area (Å²) in [5.41, 5.74) is 2.63. The Bertz CT molecular complexity index is 2530. The maximum absolute atomic E-state index is 10.7. The van der Waals surface area contributed by atoms with Crippen molar-refractivity contribution >= 4 is 43.2 Å². The van der Waals surface area contributed by atoms with E-state index in [1.165, 1.54) is 61.2 Å². The van der Waals surface area contributed by atoms with Crippen molar-refractivity contribution in [2.75, 3.05) is 7.11 Å². The summed E-state index contributed by atoms with van der Waals surface area (Å²) < 4.78 is 128. The zero-order valence-corrected chi connectivity index (χ0v) is 31.6. The fourth-order valence-corrected chi connectivity index (χ4v) is 6.68. The van der Waals surface area contributed by atoms with Crippen LogP contribution in [-0.2, 0) is 46.2 Å². The number of allylic oxidation sites excluding steroid dienone is 2. The molecule has 2 aliphatic rings. The molecule has 0 amide bonds. The van der Waals surface area contributed by atoms with E-state index >= 15 is 0 Å². The van der Waals surface area contributed by atoms with Gasteiger partial charge in [-0.2, -0.15) is 35.5 Å². The maximum Gasteiger partial charge on any atom is 0.485 e. The van der Waals surface area contributed by atoms with E-state index in [4.69, 9.17) is 30.7 Å². The van der Waals surface area contributed by atoms with Crippen molar-refractivity contribution in [1.82, 2.24) is 0 Å². The number of benzene rings is 3. The Hall–Kier alpha value is -5.10. The average Bonchev–Trinajstić information content (AvgIpc) is 3.13. The zero-order valence-electron chi connectivity index (χ0n) is 30.0. The number of pyridine rings is 2. The third-order valence-corrected chi connectivity index (χ3v) is 10.5. The van der Waals surface area contributed by atoms with E-state index in [9.17, 15) is 26.3 Å². The molecule has 17 heteroatoms. The van der Waals surface area contributed by atoms with Crippen LogP contribution in [0.3, 0.4) is 0 Å². The highest BCUT2D eigenvalue weighted by Crippen LogP contribution is 2.44. The van der Waals surface area contributed by atoms with Gasteiger partial charge in [0.2, 0.25) is 17.1 Å². The minimum atomic E-state index is -6.09. The van der Waals surface area contributed by atoms with Crippen LogP contribution in [0.5, 0.6) is 5.75 Å². The molecule has 4 heterocycles. The number of hydrogen-bond acceptors (Lipinski definition) is 7. The van der Waals surface area contributed by atoms with E-state index in [0.717, 1.165) is 37.2 Å². The standard InChI is InChI=1S/C37H34N2O.2CHF3O3S/c1-25-26(2)32-20-23-38-22-19-28-10-5-7-13-33(28)37(38)36(32)35-31(25)21-24-39-29(12-8-14-34(35)39)11-6-4-9-27-15-17-30(40-3)18-16-27;2*2-1(3,4)8(5,6)7/h4-19,22H,20-21,23-24H2,1-3H3;2*(H,5,6,7)/q+2;;/p-2/b9-4+,11-6+;;. The number of hydrogen-bond donors (Lipinski definition) is 0. The predicted octanol–water partition coefficient (Wildman–Crippen LogP) is 7.32. The van der Waals surface area contributed by atoms with Crippen LogP contribution in [0.25, 0.3) is 45.4 Å². The molecule has 3 aromatic carbocycles. The van der Waals surface area contributed by atoms with Gasteiger partial charge in [0.25, 0.3) is 0 Å². The van der Waals surface area contributed by atoms with Crippen LogP contribution in [0, 0.1) is 13.8 Å². The highest BCUT2D eigenvalue weighted by atomic mass is 32.2. The minimum Gasteiger partial charge on any atom is -0.741 e. The summed E-state index contributed by atoms with van der Waals surface area (Å²) in [6.07, 6.45) is 13.0. The number of methoxy groups -OCH3 is 1. The Morgan fingerprint density at radius 3 is 1.84 bits per heavy atom. The van der Waals surface area contributed by atoms with Gasteiger partial charge in [0.1, 0.15) is 5.75 Å². The summed E-state index contributed by atoms with van der Waals surface area (Å²) >= 11 is 0. The SMILES string of the molecule is COc1ccc(/C=C/C=C/c2cccc3[n+]2CCc2c(C)c(C)c4c(c2-3)-c2c3ccccc3cc[n+]2CC4)cc1.O=S(=O)([O-])C(F)(F)F.O=S(=O)([O-])C(F)(F)F. The molecule has 296 valence electrons. The first-order chi connectivity index (χ1) is 26.1. The number of nitrogens with zero attached hydrogens (tertiary/aromatic N) is 2. The summed E-state index contributed by atoms with van der Waals surface area (Å²) in [6, 6.07) is 26.0. The van der Waals surface area contributed by atoms with Gasteiger partial charge in [-0.3, -0.25) is 0 Å². The lowest BCUT2D eigenvalue weighted by Gasteiger charge is -2.27. The molecular formula is C39H34F6N2O7S2. The normalized spacial score (nSPS) is 13.8. The quantitative estimate of drug-likeness (QED) is 0.0611. The van der Waals surface area contributed by atoms with Crippen LogP contribution in [-0.4, -0.2) is 44.1 Å². The second-order valence-corrected chi connectivity index (χ2v) is 15.4. The number of aryl methyl sites for hydroxylation is 1. The van der Waals surface area contributed by atoms with Gasteiger partial charge >= 0.3 is 11.0 Å². The van der Waals surface area contributed by atoms with Crippen molar-refractivity contribution < 1.29 is 66.2 Å². The molecule has 0 fully saturated rings. The second-order valence-electron chi connectivity index (χ2n) is 12.7. The zero-order chi connectivity index (χ0) is 41.2. The fourth-order valence-electron chi connectivity index (χ4n) is 6.68. The Morgan fingerprint density at radius 1 is 0.696 bits per heavy atom. The van der Waals surface area contributed by atoms with E-state index in [0.29, 0.717) is 0 Å². The van der Waals surface area contributed by atoms with Gasteiger partial charge in [0.15, 0.2) is 39.5 Å². The largest absolute Gasteiger partial charge is 0.741 e. The smallest absolute Gasteiger partial charge is 0.485 e. The molecule has 0 unspecified atom stereocenters. The molecule has 2 aliphatic heterocycles. The van der Waals surface area contributed by atoms with Crippen molar-refractivity contribution in [2.24, 2.45) is 0 Å². The molecule has 7 rings (SSSR count). The highest BCUT2D eigenvalue weighted by Gasteiger charge is 2.39. The molecule has 0 radical (unpaired) electrons. The van der Waals surface area contributed by atoms with E-state index in [1.54, 1.807) is 7.11 Å². The maximum atomic E-state index is 10.7. The third-order valence-electron chi connectivity index (χ3n) is 9.41. The molecule has 0 atom stereocenters. The fraction of sp³-hybridized carbons (Fsp3) is 0.231. The summed E-state index contributed by atoms with van der Waals surface area (Å²) in [7, 11) is -10.5. The van der Waals surface area contributed by atoms with Crippen molar-refractivity contribution in [3.63, 3.8) is 0 Å². The Kier molecular flexibility index (Phi) is 12.1. The van der Waals surface area contributed by atoms with Gasteiger partial charge < -0.3 is 13.8 Å². The second kappa shape index (κ2) is 16.2. The van der Waals surface area contributed by atoms with Crippen LogP contribution >= 0.6 is 0 Å². The first kappa shape index (κ1) is 42.1. The number of aromatic nitrogens is 2. The highest BCUT2D eigenvalue weighted by molar-refractivity contribution is 7.86. The lowest BCUT2D eigenvalue weighted by Crippen LogP contribution is -2.45. The minimum absolute atomic E-state index is 0.877. The van der Waals surface area contributed by atoms with E-state index in [2.05, 4.69) is 114 Å². The van der Waals surface area contributed by atoms with Gasteiger partial charge in [0, 0.05) is 37.1 Å². The van der Waals surface area contributed by atoms with Crippen molar-refractivity contribution in [3.05, 3.63) is 125 Å². The predicted molar refractivity (Wildman–Crippen MR) is 195 cm³/mol. The van der Waals surface area contributed by atoms with Gasteiger partial charge in [-0.05, 0) is 71.3 Å². The molecule has 56 heavy (non-hydrogen) atoms. The van der Waals surface area contributed by atoms with Crippen molar-refractivity contribution in [1.29, 1.82) is 0 Å². The average molecular weight is 821 g/mol. The first-order valence-corrected chi connectivity index (χ1v) is 19.6. The molecule has 0 aliphatic carbocycles. The van der Waals surface area contributed by atoms with Crippen molar-refractivity contribution in [2.45, 2.75) is 50.8 Å². The Balaban J connectivity index is 0.000000317. The lowest BCUT2D eigenvalue weighted by atomic mass is 9.79. The molecule has 0 N–H and O–H groups in total. The molecule has 0 bridgehead atoms. The number of fused-ring (bicyclic) bond motifs is 9. The van der Waals surface area contributed by atoms with Crippen LogP contribution in [0.15, 0.2) is 91.1 Å². The molecule has 0 saturated heterocycles. The summed E-state index contributed by atoms with van der Waals surface area (Å²) in [4.78, 5) is 0. The first-order valence-electron chi connectivity index (χ1n) is 16.8. The summed E-state index contributed by atoms with van der Waals surface area (Å²) in [6.45, 7) is 6.69. The van der Waals surface area contributed by atoms with E-state index in [-0.39, 0.29) is 0 Å². The van der Waals surface area contributed by atoms with Crippen LogP contribution in [0.4, 0.5) is 26.3 Å². The molecule has 5 aromatic rings. The van der Waals surface area contributed by atoms with Gasteiger partial charge in [-0.15, -0.1) is 0 Å². The van der Waals surface area contributed by atoms with Gasteiger partial charge in [-0.1, -0.05) is 48.6 Å². The number of alkyl halides is 6. The summed E-state index contributed by atoms with van der Waals surface area (Å²) in [5.74, 6) is 0.877. The monoisotopic (exact) mass is 820 g/mol. The van der Waals surface area contributed by atoms with Crippen molar-refractivity contribution in [3.8, 4) is 28.3 Å². The van der Waals surface area contributed by atoms with E-state index < -0.39 is 31.3 Å². The third kappa shape index (κ3) is 8.96. The van der Waals surface area contributed by atoms with Gasteiger partial charge in [-0.25, -0.2) is 16.8 Å². The molecule has 9 nitrogen and oxygen atoms in total. The number of ether oxygens (including phenoxy) is 1. The summed E-state index contributed by atoms with van der Waals surface area (Å²) in [5, 5.41) is 2.64. The van der Waals surface area contributed by atoms with E-state index in [1.807, 2.05) is 12.1 Å². The van der Waals surface area contributed by atoms with Gasteiger partial charge in [0.05, 0.1) is 23.6 Å². The molecule has 0 saturated carbocycles. The van der Waals surface area contributed by atoms with Crippen LogP contribution in [0.1, 0.15) is 33.5 Å². The van der Waals surface area contributed by atoms with Crippen LogP contribution < -0.4 is 13.9 Å². The molecular weight excluding hydrogens is 787 g/mol. The van der Waals surface area contributed by atoms with Crippen LogP contribution in [0.2, 0.25) is 0 Å². The molecule has 0 spiro atoms.